The molecule has 21 heavy (non-hydrogen) atoms. The molecule has 0 fully saturated rings. The monoisotopic (exact) mass is 309 g/mol. The number of halogens is 1. The van der Waals surface area contributed by atoms with Gasteiger partial charge in [0.15, 0.2) is 5.82 Å². The molecule has 0 radical (unpaired) electrons. The van der Waals surface area contributed by atoms with Crippen molar-refractivity contribution in [3.05, 3.63) is 35.1 Å². The summed E-state index contributed by atoms with van der Waals surface area (Å²) in [5.74, 6) is 7.59. The largest absolute Gasteiger partial charge is 0.497 e. The minimum Gasteiger partial charge on any atom is -0.497 e. The predicted octanol–water partition coefficient (Wildman–Crippen LogP) is 2.31. The number of nitrogens with two attached hydrogens (primary N) is 1. The third-order valence-electron chi connectivity index (χ3n) is 2.63. The summed E-state index contributed by atoms with van der Waals surface area (Å²) in [7, 11) is 3.16. The lowest BCUT2D eigenvalue weighted by Crippen LogP contribution is -2.12. The number of nitrogen functional groups attached to an aromatic ring is 1. The Kier molecular flexibility index (Phi) is 5.15. The van der Waals surface area contributed by atoms with Crippen LogP contribution in [0.15, 0.2) is 24.3 Å². The summed E-state index contributed by atoms with van der Waals surface area (Å²) in [5, 5.41) is 3.65. The lowest BCUT2D eigenvalue weighted by molar-refractivity contribution is 0.178. The number of aromatic nitrogens is 2. The van der Waals surface area contributed by atoms with Crippen molar-refractivity contribution in [1.29, 1.82) is 0 Å². The molecule has 0 aliphatic rings. The molecule has 4 N–H and O–H groups in total. The molecule has 0 atom stereocenters. The van der Waals surface area contributed by atoms with E-state index in [1.807, 2.05) is 0 Å². The van der Waals surface area contributed by atoms with Crippen molar-refractivity contribution >= 4 is 28.9 Å². The average molecular weight is 310 g/mol. The van der Waals surface area contributed by atoms with Gasteiger partial charge >= 0.3 is 0 Å². The normalized spacial score (nSPS) is 10.3. The van der Waals surface area contributed by atoms with Gasteiger partial charge in [-0.25, -0.2) is 15.8 Å². The Labute approximate surface area is 127 Å². The van der Waals surface area contributed by atoms with Crippen LogP contribution >= 0.6 is 11.6 Å². The minimum absolute atomic E-state index is 0.274. The molecule has 0 amide bonds. The summed E-state index contributed by atoms with van der Waals surface area (Å²) in [6.45, 7) is 0.274. The van der Waals surface area contributed by atoms with Crippen LogP contribution in [0, 0.1) is 0 Å². The van der Waals surface area contributed by atoms with E-state index in [0.717, 1.165) is 0 Å². The molecule has 1 aromatic carbocycles. The van der Waals surface area contributed by atoms with Gasteiger partial charge in [0, 0.05) is 19.2 Å². The van der Waals surface area contributed by atoms with Crippen LogP contribution < -0.4 is 21.3 Å². The standard InChI is InChI=1S/C13H16ClN5O2/c1-20-7-13-17-11(6-12(18-13)19-15)16-10-5-8(21-2)3-4-9(10)14/h3-6H,7,15H2,1-2H3,(H2,16,17,18,19). The van der Waals surface area contributed by atoms with E-state index in [9.17, 15) is 0 Å². The second kappa shape index (κ2) is 7.07. The second-order valence-corrected chi connectivity index (χ2v) is 4.51. The first-order chi connectivity index (χ1) is 10.2. The lowest BCUT2D eigenvalue weighted by Gasteiger charge is -2.11. The maximum Gasteiger partial charge on any atom is 0.158 e. The zero-order chi connectivity index (χ0) is 15.2. The molecule has 0 unspecified atom stereocenters. The van der Waals surface area contributed by atoms with Crippen LogP contribution in [0.25, 0.3) is 0 Å². The molecule has 0 spiro atoms. The molecule has 0 aliphatic carbocycles. The first-order valence-corrected chi connectivity index (χ1v) is 6.48. The summed E-state index contributed by atoms with van der Waals surface area (Å²) in [5.41, 5.74) is 3.15. The number of anilines is 3. The lowest BCUT2D eigenvalue weighted by atomic mass is 10.3. The number of benzene rings is 1. The molecule has 8 heteroatoms. The van der Waals surface area contributed by atoms with Gasteiger partial charge in [-0.05, 0) is 12.1 Å². The molecule has 112 valence electrons. The SMILES string of the molecule is COCc1nc(NN)cc(Nc2cc(OC)ccc2Cl)n1. The van der Waals surface area contributed by atoms with Crippen LogP contribution in [0.2, 0.25) is 5.02 Å². The maximum atomic E-state index is 6.15. The zero-order valence-electron chi connectivity index (χ0n) is 11.7. The molecule has 7 nitrogen and oxygen atoms in total. The van der Waals surface area contributed by atoms with E-state index in [-0.39, 0.29) is 6.61 Å². The quantitative estimate of drug-likeness (QED) is 0.557. The van der Waals surface area contributed by atoms with Crippen molar-refractivity contribution in [1.82, 2.24) is 9.97 Å². The maximum absolute atomic E-state index is 6.15. The van der Waals surface area contributed by atoms with Gasteiger partial charge in [-0.2, -0.15) is 0 Å². The van der Waals surface area contributed by atoms with E-state index in [1.54, 1.807) is 38.5 Å². The smallest absolute Gasteiger partial charge is 0.158 e. The van der Waals surface area contributed by atoms with Crippen LogP contribution in [0.1, 0.15) is 5.82 Å². The number of hydrazine groups is 1. The van der Waals surface area contributed by atoms with Crippen LogP contribution in [0.3, 0.4) is 0 Å². The molecule has 0 saturated heterocycles. The Hall–Kier alpha value is -2.09. The van der Waals surface area contributed by atoms with Crippen molar-refractivity contribution in [3.63, 3.8) is 0 Å². The third kappa shape index (κ3) is 3.94. The number of hydrogen-bond acceptors (Lipinski definition) is 7. The minimum atomic E-state index is 0.274. The predicted molar refractivity (Wildman–Crippen MR) is 81.8 cm³/mol. The molecule has 2 aromatic rings. The molecule has 1 heterocycles. The highest BCUT2D eigenvalue weighted by molar-refractivity contribution is 6.33. The fraction of sp³-hybridized carbons (Fsp3) is 0.231. The van der Waals surface area contributed by atoms with E-state index in [4.69, 9.17) is 26.9 Å². The molecule has 0 bridgehead atoms. The van der Waals surface area contributed by atoms with E-state index in [1.165, 1.54) is 0 Å². The summed E-state index contributed by atoms with van der Waals surface area (Å²) in [6, 6.07) is 6.95. The van der Waals surface area contributed by atoms with Crippen LogP contribution in [0.5, 0.6) is 5.75 Å². The Bertz CT molecular complexity index is 624. The number of hydrogen-bond donors (Lipinski definition) is 3. The number of rotatable bonds is 6. The highest BCUT2D eigenvalue weighted by Crippen LogP contribution is 2.29. The first-order valence-electron chi connectivity index (χ1n) is 6.10. The summed E-state index contributed by atoms with van der Waals surface area (Å²) >= 11 is 6.15. The van der Waals surface area contributed by atoms with Crippen molar-refractivity contribution < 1.29 is 9.47 Å². The van der Waals surface area contributed by atoms with E-state index < -0.39 is 0 Å². The van der Waals surface area contributed by atoms with E-state index >= 15 is 0 Å². The van der Waals surface area contributed by atoms with Crippen molar-refractivity contribution in [2.45, 2.75) is 6.61 Å². The van der Waals surface area contributed by atoms with Crippen molar-refractivity contribution in [2.24, 2.45) is 5.84 Å². The third-order valence-corrected chi connectivity index (χ3v) is 2.96. The fourth-order valence-corrected chi connectivity index (χ4v) is 1.86. The molecule has 0 saturated carbocycles. The molecule has 2 rings (SSSR count). The van der Waals surface area contributed by atoms with E-state index in [2.05, 4.69) is 20.7 Å². The van der Waals surface area contributed by atoms with Gasteiger partial charge in [0.25, 0.3) is 0 Å². The van der Waals surface area contributed by atoms with E-state index in [0.29, 0.717) is 33.9 Å². The van der Waals surface area contributed by atoms with Crippen LogP contribution in [0.4, 0.5) is 17.3 Å². The zero-order valence-corrected chi connectivity index (χ0v) is 12.4. The molecule has 0 aliphatic heterocycles. The van der Waals surface area contributed by atoms with Gasteiger partial charge in [0.1, 0.15) is 24.0 Å². The van der Waals surface area contributed by atoms with Crippen LogP contribution in [-0.4, -0.2) is 24.2 Å². The Morgan fingerprint density at radius 1 is 1.19 bits per heavy atom. The Balaban J connectivity index is 2.32. The van der Waals surface area contributed by atoms with Crippen LogP contribution in [-0.2, 0) is 11.3 Å². The summed E-state index contributed by atoms with van der Waals surface area (Å²) < 4.78 is 10.2. The average Bonchev–Trinajstić information content (AvgIpc) is 2.49. The number of methoxy groups -OCH3 is 2. The molecular formula is C13H16ClN5O2. The fourth-order valence-electron chi connectivity index (χ4n) is 1.69. The summed E-state index contributed by atoms with van der Waals surface area (Å²) in [6.07, 6.45) is 0. The molecule has 1 aromatic heterocycles. The van der Waals surface area contributed by atoms with Crippen molar-refractivity contribution in [3.8, 4) is 5.75 Å². The highest BCUT2D eigenvalue weighted by Gasteiger charge is 2.07. The molecular weight excluding hydrogens is 294 g/mol. The Morgan fingerprint density at radius 2 is 1.95 bits per heavy atom. The summed E-state index contributed by atoms with van der Waals surface area (Å²) in [4.78, 5) is 8.49. The first kappa shape index (κ1) is 15.3. The second-order valence-electron chi connectivity index (χ2n) is 4.10. The van der Waals surface area contributed by atoms with Gasteiger partial charge in [-0.3, -0.25) is 0 Å². The van der Waals surface area contributed by atoms with Gasteiger partial charge in [0.2, 0.25) is 0 Å². The number of ether oxygens (including phenoxy) is 2. The van der Waals surface area contributed by atoms with Crippen molar-refractivity contribution in [2.75, 3.05) is 25.0 Å². The number of nitrogens with zero attached hydrogens (tertiary/aromatic N) is 2. The number of nitrogens with one attached hydrogen (secondary N) is 2. The topological polar surface area (TPSA) is 94.3 Å². The van der Waals surface area contributed by atoms with Gasteiger partial charge in [0.05, 0.1) is 17.8 Å². The highest BCUT2D eigenvalue weighted by atomic mass is 35.5. The van der Waals surface area contributed by atoms with Gasteiger partial charge < -0.3 is 20.2 Å². The van der Waals surface area contributed by atoms with Gasteiger partial charge in [-0.15, -0.1) is 0 Å². The Morgan fingerprint density at radius 3 is 2.62 bits per heavy atom. The van der Waals surface area contributed by atoms with Gasteiger partial charge in [-0.1, -0.05) is 11.6 Å².